The second-order valence-electron chi connectivity index (χ2n) is 8.35. The molecule has 1 aliphatic carbocycles. The van der Waals surface area contributed by atoms with E-state index in [-0.39, 0.29) is 23.7 Å². The molecule has 0 bridgehead atoms. The van der Waals surface area contributed by atoms with Gasteiger partial charge in [0, 0.05) is 11.4 Å². The molecule has 182 valence electrons. The molecule has 3 rings (SSSR count). The number of aromatic nitrogens is 3. The molecule has 0 fully saturated rings. The Labute approximate surface area is 204 Å². The minimum Gasteiger partial charge on any atom is -0.462 e. The number of ether oxygens (including phenoxy) is 1. The highest BCUT2D eigenvalue weighted by atomic mass is 32.2. The predicted octanol–water partition coefficient (Wildman–Crippen LogP) is 4.55. The fraction of sp³-hybridized carbons (Fsp3) is 0.652. The summed E-state index contributed by atoms with van der Waals surface area (Å²) in [5.41, 5.74) is 1.58. The topological polar surface area (TPSA) is 89.3 Å². The van der Waals surface area contributed by atoms with Crippen LogP contribution in [0.2, 0.25) is 0 Å². The summed E-state index contributed by atoms with van der Waals surface area (Å²) in [5.74, 6) is 0.640. The number of hydrogen-bond donors (Lipinski definition) is 1. The van der Waals surface area contributed by atoms with Gasteiger partial charge >= 0.3 is 5.97 Å². The Morgan fingerprint density at radius 2 is 2.03 bits per heavy atom. The lowest BCUT2D eigenvalue weighted by molar-refractivity contribution is -0.113. The molecule has 2 heterocycles. The summed E-state index contributed by atoms with van der Waals surface area (Å²) >= 11 is 2.89. The van der Waals surface area contributed by atoms with Crippen molar-refractivity contribution in [2.75, 3.05) is 31.8 Å². The molecule has 0 aromatic carbocycles. The van der Waals surface area contributed by atoms with Crippen molar-refractivity contribution in [2.45, 2.75) is 77.0 Å². The lowest BCUT2D eigenvalue weighted by atomic mass is 10.1. The molecule has 33 heavy (non-hydrogen) atoms. The molecule has 0 aliphatic heterocycles. The second kappa shape index (κ2) is 12.0. The average molecular weight is 494 g/mol. The van der Waals surface area contributed by atoms with Crippen LogP contribution in [0, 0.1) is 0 Å². The van der Waals surface area contributed by atoms with Gasteiger partial charge in [-0.05, 0) is 58.7 Å². The number of carbonyl (C=O) groups is 2. The number of thiophene rings is 1. The van der Waals surface area contributed by atoms with Gasteiger partial charge in [0.25, 0.3) is 0 Å². The zero-order chi connectivity index (χ0) is 24.0. The van der Waals surface area contributed by atoms with Crippen LogP contribution in [0.15, 0.2) is 5.16 Å². The number of fused-ring (bicyclic) bond motifs is 1. The SMILES string of the molecule is CCCCn1c(SCC(=O)Nc2sc3c(c2C(=O)OCC)CCC3)nnc1C(CC)N(C)C. The number of esters is 1. The maximum atomic E-state index is 12.8. The monoisotopic (exact) mass is 493 g/mol. The van der Waals surface area contributed by atoms with E-state index in [9.17, 15) is 9.59 Å². The molecule has 0 spiro atoms. The molecule has 1 amide bonds. The number of aryl methyl sites for hydroxylation is 1. The molecule has 1 atom stereocenters. The second-order valence-corrected chi connectivity index (χ2v) is 10.4. The molecule has 2 aromatic heterocycles. The first-order valence-corrected chi connectivity index (χ1v) is 13.5. The number of carbonyl (C=O) groups excluding carboxylic acids is 2. The summed E-state index contributed by atoms with van der Waals surface area (Å²) in [7, 11) is 4.10. The van der Waals surface area contributed by atoms with Crippen LogP contribution in [0.4, 0.5) is 5.00 Å². The number of rotatable bonds is 12. The Kier molecular flexibility index (Phi) is 9.34. The van der Waals surface area contributed by atoms with E-state index in [0.29, 0.717) is 17.2 Å². The highest BCUT2D eigenvalue weighted by Gasteiger charge is 2.28. The lowest BCUT2D eigenvalue weighted by Crippen LogP contribution is -2.23. The van der Waals surface area contributed by atoms with Crippen LogP contribution in [-0.2, 0) is 28.9 Å². The van der Waals surface area contributed by atoms with Crippen LogP contribution < -0.4 is 5.32 Å². The number of amides is 1. The Balaban J connectivity index is 1.73. The number of unbranched alkanes of at least 4 members (excludes halogenated alkanes) is 1. The number of anilines is 1. The van der Waals surface area contributed by atoms with Gasteiger partial charge in [0.1, 0.15) is 5.00 Å². The van der Waals surface area contributed by atoms with Crippen molar-refractivity contribution in [1.82, 2.24) is 19.7 Å². The summed E-state index contributed by atoms with van der Waals surface area (Å²) in [6.07, 6.45) is 5.88. The van der Waals surface area contributed by atoms with Gasteiger partial charge in [-0.15, -0.1) is 21.5 Å². The van der Waals surface area contributed by atoms with Gasteiger partial charge in [-0.25, -0.2) is 4.79 Å². The van der Waals surface area contributed by atoms with Gasteiger partial charge in [-0.3, -0.25) is 9.69 Å². The van der Waals surface area contributed by atoms with E-state index >= 15 is 0 Å². The lowest BCUT2D eigenvalue weighted by Gasteiger charge is -2.23. The van der Waals surface area contributed by atoms with E-state index < -0.39 is 0 Å². The van der Waals surface area contributed by atoms with Gasteiger partial charge in [0.05, 0.1) is 24.0 Å². The van der Waals surface area contributed by atoms with E-state index in [2.05, 4.69) is 38.8 Å². The van der Waals surface area contributed by atoms with Crippen LogP contribution in [0.3, 0.4) is 0 Å². The Hall–Kier alpha value is -1.91. The van der Waals surface area contributed by atoms with E-state index in [0.717, 1.165) is 61.6 Å². The van der Waals surface area contributed by atoms with E-state index in [1.807, 2.05) is 14.1 Å². The smallest absolute Gasteiger partial charge is 0.341 e. The minimum absolute atomic E-state index is 0.156. The quantitative estimate of drug-likeness (QED) is 0.343. The third-order valence-electron chi connectivity index (χ3n) is 5.77. The fourth-order valence-electron chi connectivity index (χ4n) is 4.16. The van der Waals surface area contributed by atoms with Crippen molar-refractivity contribution in [2.24, 2.45) is 0 Å². The molecule has 10 heteroatoms. The van der Waals surface area contributed by atoms with Gasteiger partial charge < -0.3 is 14.6 Å². The van der Waals surface area contributed by atoms with E-state index in [1.165, 1.54) is 28.0 Å². The van der Waals surface area contributed by atoms with Crippen LogP contribution in [0.5, 0.6) is 0 Å². The van der Waals surface area contributed by atoms with Crippen molar-refractivity contribution in [1.29, 1.82) is 0 Å². The fourth-order valence-corrected chi connectivity index (χ4v) is 6.23. The number of nitrogens with one attached hydrogen (secondary N) is 1. The first-order valence-electron chi connectivity index (χ1n) is 11.7. The largest absolute Gasteiger partial charge is 0.462 e. The summed E-state index contributed by atoms with van der Waals surface area (Å²) in [4.78, 5) is 28.7. The summed E-state index contributed by atoms with van der Waals surface area (Å²) in [6.45, 7) is 7.24. The maximum absolute atomic E-state index is 12.8. The third kappa shape index (κ3) is 5.96. The van der Waals surface area contributed by atoms with Crippen molar-refractivity contribution in [3.63, 3.8) is 0 Å². The van der Waals surface area contributed by atoms with Crippen molar-refractivity contribution < 1.29 is 14.3 Å². The van der Waals surface area contributed by atoms with E-state index in [4.69, 9.17) is 4.74 Å². The molecule has 1 aliphatic rings. The third-order valence-corrected chi connectivity index (χ3v) is 7.95. The molecule has 1 unspecified atom stereocenters. The van der Waals surface area contributed by atoms with Crippen LogP contribution in [0.25, 0.3) is 0 Å². The first-order chi connectivity index (χ1) is 15.9. The highest BCUT2D eigenvalue weighted by molar-refractivity contribution is 7.99. The zero-order valence-corrected chi connectivity index (χ0v) is 21.9. The minimum atomic E-state index is -0.349. The molecule has 1 N–H and O–H groups in total. The summed E-state index contributed by atoms with van der Waals surface area (Å²) in [5, 5.41) is 13.2. The normalized spacial score (nSPS) is 13.9. The summed E-state index contributed by atoms with van der Waals surface area (Å²) in [6, 6.07) is 0.179. The molecular weight excluding hydrogens is 458 g/mol. The van der Waals surface area contributed by atoms with Crippen LogP contribution in [-0.4, -0.2) is 58.0 Å². The van der Waals surface area contributed by atoms with Crippen molar-refractivity contribution in [3.8, 4) is 0 Å². The Morgan fingerprint density at radius 1 is 1.24 bits per heavy atom. The van der Waals surface area contributed by atoms with Crippen molar-refractivity contribution >= 4 is 40.0 Å². The molecule has 8 nitrogen and oxygen atoms in total. The van der Waals surface area contributed by atoms with Gasteiger partial charge in [-0.2, -0.15) is 0 Å². The van der Waals surface area contributed by atoms with Gasteiger partial charge in [0.2, 0.25) is 5.91 Å². The van der Waals surface area contributed by atoms with Gasteiger partial charge in [-0.1, -0.05) is 32.0 Å². The Morgan fingerprint density at radius 3 is 2.70 bits per heavy atom. The number of thioether (sulfide) groups is 1. The molecular formula is C23H35N5O3S2. The Bertz CT molecular complexity index is 970. The standard InChI is InChI=1S/C23H35N5O3S2/c1-6-9-13-28-20(16(7-2)27(4)5)25-26-23(28)32-14-18(29)24-21-19(22(30)31-8-3)15-11-10-12-17(15)33-21/h16H,6-14H2,1-5H3,(H,24,29). The summed E-state index contributed by atoms with van der Waals surface area (Å²) < 4.78 is 7.41. The molecule has 0 saturated carbocycles. The first kappa shape index (κ1) is 25.7. The highest BCUT2D eigenvalue weighted by Crippen LogP contribution is 2.39. The number of hydrogen-bond acceptors (Lipinski definition) is 8. The maximum Gasteiger partial charge on any atom is 0.341 e. The predicted molar refractivity (Wildman–Crippen MR) is 133 cm³/mol. The number of nitrogens with zero attached hydrogens (tertiary/aromatic N) is 4. The van der Waals surface area contributed by atoms with Crippen molar-refractivity contribution in [3.05, 3.63) is 21.8 Å². The molecule has 2 aromatic rings. The molecule has 0 radical (unpaired) electrons. The molecule has 0 saturated heterocycles. The average Bonchev–Trinajstić information content (AvgIpc) is 3.46. The van der Waals surface area contributed by atoms with E-state index in [1.54, 1.807) is 6.92 Å². The van der Waals surface area contributed by atoms with Crippen LogP contribution >= 0.6 is 23.1 Å². The van der Waals surface area contributed by atoms with Gasteiger partial charge in [0.15, 0.2) is 11.0 Å². The van der Waals surface area contributed by atoms with Crippen LogP contribution in [0.1, 0.15) is 79.1 Å². The zero-order valence-electron chi connectivity index (χ0n) is 20.3.